The molecule has 2 atom stereocenters. The first-order chi connectivity index (χ1) is 9.26. The number of aromatic nitrogens is 2. The van der Waals surface area contributed by atoms with Gasteiger partial charge in [-0.2, -0.15) is 11.8 Å². The minimum absolute atomic E-state index is 0.519. The Hall–Kier alpha value is -0.490. The molecule has 1 aliphatic carbocycles. The molecular formula is C13H21BrN4S. The number of anilines is 2. The standard InChI is InChI=1S/C13H21BrN4S/c1-3-15-12-11(14)13(17-8-16-12)18-9-6-5-7-10(9)19-4-2/h8-10H,3-7H2,1-2H3,(H2,15,16,17,18). The summed E-state index contributed by atoms with van der Waals surface area (Å²) >= 11 is 5.64. The minimum Gasteiger partial charge on any atom is -0.369 e. The average molecular weight is 345 g/mol. The zero-order valence-corrected chi connectivity index (χ0v) is 13.9. The highest BCUT2D eigenvalue weighted by Gasteiger charge is 2.28. The van der Waals surface area contributed by atoms with E-state index in [-0.39, 0.29) is 0 Å². The van der Waals surface area contributed by atoms with E-state index in [1.165, 1.54) is 25.0 Å². The van der Waals surface area contributed by atoms with Crippen LogP contribution in [0.15, 0.2) is 10.8 Å². The molecule has 6 heteroatoms. The molecule has 0 spiro atoms. The van der Waals surface area contributed by atoms with Crippen molar-refractivity contribution in [2.75, 3.05) is 22.9 Å². The maximum absolute atomic E-state index is 4.36. The minimum atomic E-state index is 0.519. The fourth-order valence-electron chi connectivity index (χ4n) is 2.44. The molecule has 1 aliphatic rings. The number of halogens is 1. The van der Waals surface area contributed by atoms with Crippen LogP contribution in [0.5, 0.6) is 0 Å². The largest absolute Gasteiger partial charge is 0.369 e. The van der Waals surface area contributed by atoms with Gasteiger partial charge in [0.1, 0.15) is 22.4 Å². The molecule has 19 heavy (non-hydrogen) atoms. The molecule has 2 unspecified atom stereocenters. The van der Waals surface area contributed by atoms with Gasteiger partial charge in [0.25, 0.3) is 0 Å². The molecule has 1 heterocycles. The van der Waals surface area contributed by atoms with Gasteiger partial charge in [-0.15, -0.1) is 0 Å². The molecule has 1 aromatic heterocycles. The van der Waals surface area contributed by atoms with E-state index in [2.05, 4.69) is 50.4 Å². The first-order valence-electron chi connectivity index (χ1n) is 6.88. The van der Waals surface area contributed by atoms with Crippen LogP contribution < -0.4 is 10.6 Å². The molecule has 2 rings (SSSR count). The summed E-state index contributed by atoms with van der Waals surface area (Å²) in [5.41, 5.74) is 0. The van der Waals surface area contributed by atoms with Gasteiger partial charge in [-0.25, -0.2) is 9.97 Å². The van der Waals surface area contributed by atoms with E-state index < -0.39 is 0 Å². The summed E-state index contributed by atoms with van der Waals surface area (Å²) in [5, 5.41) is 7.52. The first-order valence-corrected chi connectivity index (χ1v) is 8.72. The van der Waals surface area contributed by atoms with Crippen LogP contribution in [0.25, 0.3) is 0 Å². The maximum Gasteiger partial charge on any atom is 0.146 e. The van der Waals surface area contributed by atoms with Gasteiger partial charge in [0.15, 0.2) is 0 Å². The summed E-state index contributed by atoms with van der Waals surface area (Å²) in [5.74, 6) is 2.94. The van der Waals surface area contributed by atoms with E-state index in [1.807, 2.05) is 11.8 Å². The zero-order valence-electron chi connectivity index (χ0n) is 11.4. The van der Waals surface area contributed by atoms with Crippen LogP contribution in [-0.2, 0) is 0 Å². The Morgan fingerprint density at radius 3 is 2.84 bits per heavy atom. The fraction of sp³-hybridized carbons (Fsp3) is 0.692. The first kappa shape index (κ1) is 14.9. The fourth-order valence-corrected chi connectivity index (χ4v) is 4.10. The summed E-state index contributed by atoms with van der Waals surface area (Å²) in [6.07, 6.45) is 5.45. The second kappa shape index (κ2) is 7.33. The monoisotopic (exact) mass is 344 g/mol. The zero-order chi connectivity index (χ0) is 13.7. The second-order valence-electron chi connectivity index (χ2n) is 4.59. The maximum atomic E-state index is 4.36. The third kappa shape index (κ3) is 3.75. The second-order valence-corrected chi connectivity index (χ2v) is 6.90. The van der Waals surface area contributed by atoms with Crippen LogP contribution in [-0.4, -0.2) is 33.6 Å². The van der Waals surface area contributed by atoms with Gasteiger partial charge in [0.2, 0.25) is 0 Å². The number of nitrogens with zero attached hydrogens (tertiary/aromatic N) is 2. The molecule has 4 nitrogen and oxygen atoms in total. The number of hydrogen-bond donors (Lipinski definition) is 2. The van der Waals surface area contributed by atoms with Gasteiger partial charge in [0, 0.05) is 17.8 Å². The van der Waals surface area contributed by atoms with Crippen LogP contribution in [0.2, 0.25) is 0 Å². The highest BCUT2D eigenvalue weighted by molar-refractivity contribution is 9.10. The molecule has 0 aromatic carbocycles. The van der Waals surface area contributed by atoms with E-state index in [1.54, 1.807) is 6.33 Å². The van der Waals surface area contributed by atoms with Crippen molar-refractivity contribution in [3.63, 3.8) is 0 Å². The van der Waals surface area contributed by atoms with Gasteiger partial charge >= 0.3 is 0 Å². The van der Waals surface area contributed by atoms with Crippen molar-refractivity contribution in [1.82, 2.24) is 9.97 Å². The lowest BCUT2D eigenvalue weighted by molar-refractivity contribution is 0.760. The Morgan fingerprint density at radius 1 is 1.32 bits per heavy atom. The molecule has 0 bridgehead atoms. The summed E-state index contributed by atoms with van der Waals surface area (Å²) in [7, 11) is 0. The smallest absolute Gasteiger partial charge is 0.146 e. The quantitative estimate of drug-likeness (QED) is 0.822. The molecule has 1 saturated carbocycles. The lowest BCUT2D eigenvalue weighted by Crippen LogP contribution is -2.27. The molecule has 0 amide bonds. The van der Waals surface area contributed by atoms with E-state index >= 15 is 0 Å². The van der Waals surface area contributed by atoms with Crippen LogP contribution in [0.1, 0.15) is 33.1 Å². The van der Waals surface area contributed by atoms with Crippen LogP contribution in [0, 0.1) is 0 Å². The van der Waals surface area contributed by atoms with Crippen molar-refractivity contribution >= 4 is 39.3 Å². The Labute approximate surface area is 127 Å². The van der Waals surface area contributed by atoms with Crippen molar-refractivity contribution in [3.05, 3.63) is 10.8 Å². The van der Waals surface area contributed by atoms with Gasteiger partial charge < -0.3 is 10.6 Å². The number of rotatable bonds is 6. The van der Waals surface area contributed by atoms with Crippen molar-refractivity contribution in [2.24, 2.45) is 0 Å². The SMILES string of the molecule is CCNc1ncnc(NC2CCCC2SCC)c1Br. The molecule has 106 valence electrons. The van der Waals surface area contributed by atoms with E-state index in [9.17, 15) is 0 Å². The number of nitrogens with one attached hydrogen (secondary N) is 2. The average Bonchev–Trinajstić information content (AvgIpc) is 2.82. The normalized spacial score (nSPS) is 22.5. The Balaban J connectivity index is 2.08. The van der Waals surface area contributed by atoms with Crippen LogP contribution >= 0.6 is 27.7 Å². The van der Waals surface area contributed by atoms with Crippen LogP contribution in [0.3, 0.4) is 0 Å². The number of thioether (sulfide) groups is 1. The highest BCUT2D eigenvalue weighted by atomic mass is 79.9. The van der Waals surface area contributed by atoms with Crippen molar-refractivity contribution in [3.8, 4) is 0 Å². The summed E-state index contributed by atoms with van der Waals surface area (Å²) < 4.78 is 0.934. The van der Waals surface area contributed by atoms with E-state index in [0.717, 1.165) is 22.7 Å². The molecule has 0 saturated heterocycles. The predicted molar refractivity (Wildman–Crippen MR) is 87.1 cm³/mol. The van der Waals surface area contributed by atoms with Gasteiger partial charge in [0.05, 0.1) is 0 Å². The van der Waals surface area contributed by atoms with E-state index in [4.69, 9.17) is 0 Å². The Bertz CT molecular complexity index is 416. The van der Waals surface area contributed by atoms with Crippen molar-refractivity contribution in [1.29, 1.82) is 0 Å². The number of hydrogen-bond acceptors (Lipinski definition) is 5. The van der Waals surface area contributed by atoms with E-state index in [0.29, 0.717) is 11.3 Å². The molecule has 0 radical (unpaired) electrons. The Kier molecular flexibility index (Phi) is 5.76. The van der Waals surface area contributed by atoms with Crippen LogP contribution in [0.4, 0.5) is 11.6 Å². The third-order valence-electron chi connectivity index (χ3n) is 3.29. The van der Waals surface area contributed by atoms with Gasteiger partial charge in [-0.3, -0.25) is 0 Å². The third-order valence-corrected chi connectivity index (χ3v) is 5.37. The molecule has 0 aliphatic heterocycles. The molecular weight excluding hydrogens is 324 g/mol. The lowest BCUT2D eigenvalue weighted by atomic mass is 10.2. The molecule has 1 aromatic rings. The molecule has 1 fully saturated rings. The molecule has 2 N–H and O–H groups in total. The summed E-state index contributed by atoms with van der Waals surface area (Å²) in [6.45, 7) is 5.14. The highest BCUT2D eigenvalue weighted by Crippen LogP contribution is 2.34. The topological polar surface area (TPSA) is 49.8 Å². The van der Waals surface area contributed by atoms with Crippen molar-refractivity contribution < 1.29 is 0 Å². The van der Waals surface area contributed by atoms with Gasteiger partial charge in [-0.1, -0.05) is 13.3 Å². The Morgan fingerprint density at radius 2 is 2.11 bits per heavy atom. The predicted octanol–water partition coefficient (Wildman–Crippen LogP) is 3.76. The van der Waals surface area contributed by atoms with Gasteiger partial charge in [-0.05, 0) is 41.4 Å². The lowest BCUT2D eigenvalue weighted by Gasteiger charge is -2.21. The van der Waals surface area contributed by atoms with Crippen molar-refractivity contribution in [2.45, 2.75) is 44.4 Å². The summed E-state index contributed by atoms with van der Waals surface area (Å²) in [4.78, 5) is 8.61. The summed E-state index contributed by atoms with van der Waals surface area (Å²) in [6, 6.07) is 0.519.